The molecule has 2 heteroatoms. The van der Waals surface area contributed by atoms with Gasteiger partial charge in [-0.25, -0.2) is 0 Å². The molecule has 0 aromatic heterocycles. The highest BCUT2D eigenvalue weighted by Gasteiger charge is 1.92. The minimum atomic E-state index is 0.747. The predicted molar refractivity (Wildman–Crippen MR) is 70.3 cm³/mol. The molecule has 1 rings (SSSR count). The average Bonchev–Trinajstić information content (AvgIpc) is 2.29. The van der Waals surface area contributed by atoms with Crippen molar-refractivity contribution in [1.82, 2.24) is 0 Å². The fraction of sp³-hybridized carbons (Fsp3) is 0.462. The van der Waals surface area contributed by atoms with Crippen molar-refractivity contribution in [1.29, 1.82) is 0 Å². The van der Waals surface area contributed by atoms with Crippen LogP contribution in [0.5, 0.6) is 0 Å². The highest BCUT2D eigenvalue weighted by Crippen LogP contribution is 2.03. The Morgan fingerprint density at radius 2 is 1.87 bits per heavy atom. The molecule has 0 N–H and O–H groups in total. The fourth-order valence-corrected chi connectivity index (χ4v) is 1.64. The van der Waals surface area contributed by atoms with Gasteiger partial charge >= 0.3 is 0 Å². The molecule has 0 aliphatic carbocycles. The Morgan fingerprint density at radius 3 is 2.60 bits per heavy atom. The summed E-state index contributed by atoms with van der Waals surface area (Å²) in [5, 5.41) is 0. The van der Waals surface area contributed by atoms with Crippen LogP contribution in [-0.2, 0) is 11.3 Å². The van der Waals surface area contributed by atoms with E-state index in [1.807, 2.05) is 18.2 Å². The summed E-state index contributed by atoms with van der Waals surface area (Å²) in [7, 11) is 2.65. The summed E-state index contributed by atoms with van der Waals surface area (Å²) in [5.41, 5.74) is 1.26. The van der Waals surface area contributed by atoms with Crippen LogP contribution in [0.25, 0.3) is 0 Å². The Bertz CT molecular complexity index is 258. The topological polar surface area (TPSA) is 9.23 Å². The standard InChI is InChI=1S/C13H19OP/c15-11-7-2-1-6-10-14-12-13-8-4-3-5-9-13/h3-5,8-9,11,15H,1-2,6-7,10,12H2/p+1. The van der Waals surface area contributed by atoms with E-state index in [2.05, 4.69) is 26.8 Å². The van der Waals surface area contributed by atoms with Crippen molar-refractivity contribution in [3.05, 3.63) is 35.9 Å². The maximum atomic E-state index is 5.58. The summed E-state index contributed by atoms with van der Waals surface area (Å²) < 4.78 is 5.58. The SMILES string of the molecule is [PH2+]=CCCCCCOCc1ccccc1. The van der Waals surface area contributed by atoms with Crippen LogP contribution in [0, 0.1) is 0 Å². The lowest BCUT2D eigenvalue weighted by Crippen LogP contribution is -1.95. The molecule has 82 valence electrons. The first-order chi connectivity index (χ1) is 7.43. The Hall–Kier alpha value is -0.650. The third kappa shape index (κ3) is 6.43. The normalized spacial score (nSPS) is 10.1. The van der Waals surface area contributed by atoms with Crippen LogP contribution in [0.15, 0.2) is 30.3 Å². The first kappa shape index (κ1) is 12.4. The number of hydrogen-bond acceptors (Lipinski definition) is 1. The zero-order valence-corrected chi connectivity index (χ0v) is 10.3. The molecule has 0 fully saturated rings. The largest absolute Gasteiger partial charge is 0.377 e. The monoisotopic (exact) mass is 223 g/mol. The lowest BCUT2D eigenvalue weighted by Gasteiger charge is -2.03. The molecule has 0 spiro atoms. The van der Waals surface area contributed by atoms with Crippen molar-refractivity contribution in [3.63, 3.8) is 0 Å². The van der Waals surface area contributed by atoms with Gasteiger partial charge in [0.1, 0.15) is 0 Å². The molecule has 1 atom stereocenters. The lowest BCUT2D eigenvalue weighted by atomic mass is 10.2. The van der Waals surface area contributed by atoms with E-state index >= 15 is 0 Å². The molecule has 0 bridgehead atoms. The first-order valence-electron chi connectivity index (χ1n) is 5.58. The van der Waals surface area contributed by atoms with Gasteiger partial charge in [-0.05, 0) is 18.4 Å². The second kappa shape index (κ2) is 8.64. The van der Waals surface area contributed by atoms with Gasteiger partial charge in [0, 0.05) is 13.0 Å². The van der Waals surface area contributed by atoms with E-state index < -0.39 is 0 Å². The van der Waals surface area contributed by atoms with Crippen LogP contribution >= 0.6 is 8.86 Å². The van der Waals surface area contributed by atoms with Gasteiger partial charge in [-0.1, -0.05) is 36.8 Å². The van der Waals surface area contributed by atoms with Crippen molar-refractivity contribution >= 4 is 14.7 Å². The summed E-state index contributed by atoms with van der Waals surface area (Å²) in [4.78, 5) is 0. The molecule has 0 heterocycles. The molecule has 1 unspecified atom stereocenters. The Kier molecular flexibility index (Phi) is 7.16. The second-order valence-electron chi connectivity index (χ2n) is 3.62. The average molecular weight is 223 g/mol. The van der Waals surface area contributed by atoms with Gasteiger partial charge < -0.3 is 4.74 Å². The van der Waals surface area contributed by atoms with Gasteiger partial charge in [-0.15, -0.1) is 0 Å². The third-order valence-electron chi connectivity index (χ3n) is 2.27. The number of benzene rings is 1. The molecular weight excluding hydrogens is 203 g/mol. The Morgan fingerprint density at radius 1 is 1.07 bits per heavy atom. The van der Waals surface area contributed by atoms with Crippen LogP contribution < -0.4 is 0 Å². The minimum Gasteiger partial charge on any atom is -0.377 e. The zero-order valence-electron chi connectivity index (χ0n) is 9.19. The number of ether oxygens (including phenoxy) is 1. The fourth-order valence-electron chi connectivity index (χ4n) is 1.41. The molecule has 0 saturated heterocycles. The molecule has 0 aliphatic rings. The molecule has 1 aromatic rings. The van der Waals surface area contributed by atoms with Crippen LogP contribution in [0.3, 0.4) is 0 Å². The van der Waals surface area contributed by atoms with E-state index in [9.17, 15) is 0 Å². The molecule has 15 heavy (non-hydrogen) atoms. The van der Waals surface area contributed by atoms with Crippen molar-refractivity contribution in [2.75, 3.05) is 6.61 Å². The van der Waals surface area contributed by atoms with Crippen molar-refractivity contribution in [2.24, 2.45) is 0 Å². The summed E-state index contributed by atoms with van der Waals surface area (Å²) in [6.45, 7) is 1.63. The summed E-state index contributed by atoms with van der Waals surface area (Å²) in [5.74, 6) is 2.14. The van der Waals surface area contributed by atoms with E-state index in [0.717, 1.165) is 13.2 Å². The van der Waals surface area contributed by atoms with Crippen LogP contribution in [-0.4, -0.2) is 12.4 Å². The van der Waals surface area contributed by atoms with Gasteiger partial charge in [-0.3, -0.25) is 0 Å². The maximum Gasteiger partial charge on any atom is 0.0803 e. The quantitative estimate of drug-likeness (QED) is 0.484. The van der Waals surface area contributed by atoms with Crippen LogP contribution in [0.1, 0.15) is 31.2 Å². The summed E-state index contributed by atoms with van der Waals surface area (Å²) in [6.07, 6.45) is 4.91. The molecule has 0 amide bonds. The summed E-state index contributed by atoms with van der Waals surface area (Å²) in [6, 6.07) is 10.3. The molecule has 0 saturated carbocycles. The van der Waals surface area contributed by atoms with Gasteiger partial charge in [0.05, 0.1) is 21.3 Å². The van der Waals surface area contributed by atoms with E-state index in [1.165, 1.54) is 31.2 Å². The van der Waals surface area contributed by atoms with Gasteiger partial charge in [0.15, 0.2) is 0 Å². The third-order valence-corrected chi connectivity index (χ3v) is 2.60. The van der Waals surface area contributed by atoms with Gasteiger partial charge in [0.2, 0.25) is 0 Å². The highest BCUT2D eigenvalue weighted by atomic mass is 31.0. The molecule has 0 aliphatic heterocycles. The number of unbranched alkanes of at least 4 members (excludes halogenated alkanes) is 3. The van der Waals surface area contributed by atoms with Crippen molar-refractivity contribution < 1.29 is 4.74 Å². The molecule has 0 radical (unpaired) electrons. The van der Waals surface area contributed by atoms with E-state index in [1.54, 1.807) is 0 Å². The number of rotatable bonds is 8. The zero-order chi connectivity index (χ0) is 10.8. The highest BCUT2D eigenvalue weighted by molar-refractivity contribution is 7.18. The smallest absolute Gasteiger partial charge is 0.0803 e. The Labute approximate surface area is 94.7 Å². The first-order valence-corrected chi connectivity index (χ1v) is 6.25. The van der Waals surface area contributed by atoms with E-state index in [-0.39, 0.29) is 0 Å². The van der Waals surface area contributed by atoms with Crippen molar-refractivity contribution in [3.8, 4) is 0 Å². The van der Waals surface area contributed by atoms with E-state index in [4.69, 9.17) is 4.74 Å². The van der Waals surface area contributed by atoms with Crippen LogP contribution in [0.2, 0.25) is 0 Å². The van der Waals surface area contributed by atoms with Gasteiger partial charge in [0.25, 0.3) is 0 Å². The lowest BCUT2D eigenvalue weighted by molar-refractivity contribution is 0.117. The molecular formula is C13H20OP+. The van der Waals surface area contributed by atoms with Crippen LogP contribution in [0.4, 0.5) is 0 Å². The van der Waals surface area contributed by atoms with Crippen molar-refractivity contribution in [2.45, 2.75) is 32.3 Å². The minimum absolute atomic E-state index is 0.747. The second-order valence-corrected chi connectivity index (χ2v) is 4.09. The molecule has 1 aromatic carbocycles. The summed E-state index contributed by atoms with van der Waals surface area (Å²) >= 11 is 0. The Balaban J connectivity index is 1.95. The predicted octanol–water partition coefficient (Wildman–Crippen LogP) is 3.44. The number of hydrogen-bond donors (Lipinski definition) is 0. The van der Waals surface area contributed by atoms with E-state index in [0.29, 0.717) is 0 Å². The van der Waals surface area contributed by atoms with Gasteiger partial charge in [-0.2, -0.15) is 0 Å². The maximum absolute atomic E-state index is 5.58. The molecule has 1 nitrogen and oxygen atoms in total.